The van der Waals surface area contributed by atoms with E-state index in [2.05, 4.69) is 5.32 Å². The third-order valence-corrected chi connectivity index (χ3v) is 5.24. The van der Waals surface area contributed by atoms with Crippen molar-refractivity contribution >= 4 is 12.0 Å². The number of hydrogen-bond acceptors (Lipinski definition) is 2. The Labute approximate surface area is 146 Å². The van der Waals surface area contributed by atoms with Crippen molar-refractivity contribution in [1.82, 2.24) is 10.2 Å². The zero-order valence-corrected chi connectivity index (χ0v) is 13.8. The summed E-state index contributed by atoms with van der Waals surface area (Å²) < 4.78 is 0. The molecular weight excluding hydrogens is 316 g/mol. The van der Waals surface area contributed by atoms with Crippen LogP contribution in [0.15, 0.2) is 48.5 Å². The highest BCUT2D eigenvalue weighted by molar-refractivity contribution is 5.89. The maximum Gasteiger partial charge on any atom is 0.335 e. The minimum atomic E-state index is -0.944. The van der Waals surface area contributed by atoms with E-state index in [1.54, 1.807) is 18.2 Å². The van der Waals surface area contributed by atoms with Gasteiger partial charge in [-0.1, -0.05) is 36.4 Å². The fourth-order valence-corrected chi connectivity index (χ4v) is 3.83. The van der Waals surface area contributed by atoms with Crippen molar-refractivity contribution in [2.24, 2.45) is 5.92 Å². The Kier molecular flexibility index (Phi) is 3.92. The molecule has 2 aliphatic heterocycles. The summed E-state index contributed by atoms with van der Waals surface area (Å²) in [6.45, 7) is 1.30. The molecule has 0 radical (unpaired) electrons. The van der Waals surface area contributed by atoms with Gasteiger partial charge in [0.1, 0.15) is 0 Å². The zero-order valence-electron chi connectivity index (χ0n) is 13.8. The fourth-order valence-electron chi connectivity index (χ4n) is 3.83. The van der Waals surface area contributed by atoms with Crippen LogP contribution in [0.5, 0.6) is 0 Å². The number of carboxylic acids is 1. The largest absolute Gasteiger partial charge is 0.478 e. The number of nitrogens with zero attached hydrogens (tertiary/aromatic N) is 1. The van der Waals surface area contributed by atoms with E-state index in [-0.39, 0.29) is 11.6 Å². The van der Waals surface area contributed by atoms with Crippen LogP contribution in [-0.2, 0) is 6.54 Å². The van der Waals surface area contributed by atoms with E-state index in [1.807, 2.05) is 35.2 Å². The van der Waals surface area contributed by atoms with Crippen molar-refractivity contribution in [1.29, 1.82) is 0 Å². The number of nitrogens with one attached hydrogen (secondary N) is 1. The molecule has 0 unspecified atom stereocenters. The standard InChI is InChI=1S/C20H20N2O3/c23-19(24)15-6-3-5-14(10-15)18-7-2-1-4-16(18)11-21-20(25)22-12-13-8-17(22)9-13/h1-7,10,13,17H,8-9,11-12H2,(H,21,25)(H,23,24). The van der Waals surface area contributed by atoms with E-state index in [9.17, 15) is 14.7 Å². The average Bonchev–Trinajstić information content (AvgIpc) is 3.21. The number of hydrogen-bond donors (Lipinski definition) is 2. The number of aromatic carboxylic acids is 1. The molecule has 5 heteroatoms. The molecule has 0 spiro atoms. The molecule has 2 bridgehead atoms. The Morgan fingerprint density at radius 1 is 1.12 bits per heavy atom. The minimum absolute atomic E-state index is 0.000843. The Bertz CT molecular complexity index is 827. The molecule has 2 aromatic rings. The van der Waals surface area contributed by atoms with E-state index in [0.717, 1.165) is 36.1 Å². The fraction of sp³-hybridized carbons (Fsp3) is 0.300. The minimum Gasteiger partial charge on any atom is -0.478 e. The van der Waals surface area contributed by atoms with Crippen molar-refractivity contribution in [3.8, 4) is 11.1 Å². The van der Waals surface area contributed by atoms with Crippen LogP contribution in [0.1, 0.15) is 28.8 Å². The predicted molar refractivity (Wildman–Crippen MR) is 94.3 cm³/mol. The SMILES string of the molecule is O=C(O)c1cccc(-c2ccccc2CNC(=O)N2CC3CC2C3)c1. The molecule has 5 rings (SSSR count). The second kappa shape index (κ2) is 6.24. The number of rotatable bonds is 4. The number of amides is 2. The highest BCUT2D eigenvalue weighted by Gasteiger charge is 2.44. The molecule has 2 aromatic carbocycles. The first-order valence-corrected chi connectivity index (χ1v) is 8.58. The topological polar surface area (TPSA) is 69.6 Å². The van der Waals surface area contributed by atoms with Crippen molar-refractivity contribution in [3.63, 3.8) is 0 Å². The van der Waals surface area contributed by atoms with Gasteiger partial charge in [0, 0.05) is 19.1 Å². The highest BCUT2D eigenvalue weighted by atomic mass is 16.4. The van der Waals surface area contributed by atoms with Crippen LogP contribution in [0.4, 0.5) is 4.79 Å². The Hall–Kier alpha value is -2.82. The summed E-state index contributed by atoms with van der Waals surface area (Å²) in [5.74, 6) is -0.248. The molecule has 3 aliphatic rings. The van der Waals surface area contributed by atoms with Gasteiger partial charge in [0.25, 0.3) is 0 Å². The van der Waals surface area contributed by atoms with Gasteiger partial charge in [0.15, 0.2) is 0 Å². The summed E-state index contributed by atoms with van der Waals surface area (Å²) in [5, 5.41) is 12.2. The Morgan fingerprint density at radius 2 is 1.92 bits per heavy atom. The first kappa shape index (κ1) is 15.7. The van der Waals surface area contributed by atoms with Gasteiger partial charge >= 0.3 is 12.0 Å². The first-order chi connectivity index (χ1) is 12.1. The third kappa shape index (κ3) is 2.97. The summed E-state index contributed by atoms with van der Waals surface area (Å²) in [4.78, 5) is 25.5. The second-order valence-corrected chi connectivity index (χ2v) is 6.85. The van der Waals surface area contributed by atoms with Gasteiger partial charge in [-0.2, -0.15) is 0 Å². The molecule has 2 N–H and O–H groups in total. The van der Waals surface area contributed by atoms with E-state index in [1.165, 1.54) is 0 Å². The first-order valence-electron chi connectivity index (χ1n) is 8.58. The molecule has 2 heterocycles. The van der Waals surface area contributed by atoms with Gasteiger partial charge in [-0.05, 0) is 47.6 Å². The van der Waals surface area contributed by atoms with E-state index >= 15 is 0 Å². The second-order valence-electron chi connectivity index (χ2n) is 6.85. The number of benzene rings is 2. The normalized spacial score (nSPS) is 20.9. The Balaban J connectivity index is 1.52. The molecule has 1 aliphatic carbocycles. The lowest BCUT2D eigenvalue weighted by molar-refractivity contribution is 0.0697. The number of carbonyl (C=O) groups excluding carboxylic acids is 1. The van der Waals surface area contributed by atoms with Gasteiger partial charge in [-0.3, -0.25) is 0 Å². The maximum absolute atomic E-state index is 12.4. The van der Waals surface area contributed by atoms with E-state index < -0.39 is 5.97 Å². The number of fused-ring (bicyclic) bond motifs is 1. The van der Waals surface area contributed by atoms with Gasteiger partial charge in [0.2, 0.25) is 0 Å². The molecule has 0 atom stereocenters. The van der Waals surface area contributed by atoms with Crippen molar-refractivity contribution in [3.05, 3.63) is 59.7 Å². The molecule has 0 aromatic heterocycles. The van der Waals surface area contributed by atoms with Gasteiger partial charge in [-0.25, -0.2) is 9.59 Å². The molecular formula is C20H20N2O3. The van der Waals surface area contributed by atoms with Gasteiger partial charge in [-0.15, -0.1) is 0 Å². The molecule has 1 saturated carbocycles. The lowest BCUT2D eigenvalue weighted by Gasteiger charge is -2.26. The molecule has 128 valence electrons. The highest BCUT2D eigenvalue weighted by Crippen LogP contribution is 2.40. The van der Waals surface area contributed by atoms with Crippen LogP contribution >= 0.6 is 0 Å². The van der Waals surface area contributed by atoms with Crippen LogP contribution in [0.2, 0.25) is 0 Å². The van der Waals surface area contributed by atoms with Crippen LogP contribution < -0.4 is 5.32 Å². The van der Waals surface area contributed by atoms with Crippen LogP contribution in [0.3, 0.4) is 0 Å². The molecule has 3 fully saturated rings. The van der Waals surface area contributed by atoms with Crippen LogP contribution in [0.25, 0.3) is 11.1 Å². The third-order valence-electron chi connectivity index (χ3n) is 5.24. The summed E-state index contributed by atoms with van der Waals surface area (Å²) in [6.07, 6.45) is 2.29. The summed E-state index contributed by atoms with van der Waals surface area (Å²) in [5.41, 5.74) is 3.02. The smallest absolute Gasteiger partial charge is 0.335 e. The molecule has 5 nitrogen and oxygen atoms in total. The quantitative estimate of drug-likeness (QED) is 0.899. The van der Waals surface area contributed by atoms with E-state index in [4.69, 9.17) is 0 Å². The summed E-state index contributed by atoms with van der Waals surface area (Å²) >= 11 is 0. The predicted octanol–water partition coefficient (Wildman–Crippen LogP) is 3.36. The molecule has 2 saturated heterocycles. The van der Waals surface area contributed by atoms with Crippen LogP contribution in [0, 0.1) is 5.92 Å². The number of carbonyl (C=O) groups is 2. The summed E-state index contributed by atoms with van der Waals surface area (Å²) in [6, 6.07) is 15.1. The zero-order chi connectivity index (χ0) is 17.4. The molecule has 2 amide bonds. The lowest BCUT2D eigenvalue weighted by Crippen LogP contribution is -2.41. The van der Waals surface area contributed by atoms with Crippen LogP contribution in [-0.4, -0.2) is 34.6 Å². The van der Waals surface area contributed by atoms with Gasteiger partial charge < -0.3 is 15.3 Å². The maximum atomic E-state index is 12.4. The van der Waals surface area contributed by atoms with Crippen molar-refractivity contribution in [2.45, 2.75) is 25.4 Å². The van der Waals surface area contributed by atoms with Crippen molar-refractivity contribution < 1.29 is 14.7 Å². The number of urea groups is 1. The monoisotopic (exact) mass is 336 g/mol. The molecule has 25 heavy (non-hydrogen) atoms. The lowest BCUT2D eigenvalue weighted by atomic mass is 9.86. The Morgan fingerprint density at radius 3 is 2.64 bits per heavy atom. The number of carboxylic acid groups (broad SMARTS) is 1. The van der Waals surface area contributed by atoms with E-state index in [0.29, 0.717) is 18.5 Å². The average molecular weight is 336 g/mol. The summed E-state index contributed by atoms with van der Waals surface area (Å²) in [7, 11) is 0. The van der Waals surface area contributed by atoms with Crippen molar-refractivity contribution in [2.75, 3.05) is 6.54 Å². The van der Waals surface area contributed by atoms with Gasteiger partial charge in [0.05, 0.1) is 5.56 Å².